The van der Waals surface area contributed by atoms with Crippen molar-refractivity contribution in [2.24, 2.45) is 11.3 Å². The average molecular weight is 345 g/mol. The van der Waals surface area contributed by atoms with Crippen molar-refractivity contribution in [3.63, 3.8) is 0 Å². The number of halogens is 2. The first-order valence-corrected chi connectivity index (χ1v) is 7.70. The van der Waals surface area contributed by atoms with E-state index < -0.39 is 0 Å². The van der Waals surface area contributed by atoms with Crippen molar-refractivity contribution in [3.8, 4) is 0 Å². The van der Waals surface area contributed by atoms with E-state index in [1.165, 1.54) is 0 Å². The molecule has 0 aromatic heterocycles. The fourth-order valence-corrected chi connectivity index (χ4v) is 2.96. The van der Waals surface area contributed by atoms with E-state index in [0.717, 1.165) is 24.0 Å². The highest BCUT2D eigenvalue weighted by molar-refractivity contribution is 9.10. The molecule has 19 heavy (non-hydrogen) atoms. The molecule has 1 aromatic rings. The summed E-state index contributed by atoms with van der Waals surface area (Å²) >= 11 is 9.32. The largest absolute Gasteiger partial charge is 0.338 e. The minimum atomic E-state index is 0.101. The first-order valence-electron chi connectivity index (χ1n) is 6.53. The van der Waals surface area contributed by atoms with Gasteiger partial charge < -0.3 is 4.90 Å². The van der Waals surface area contributed by atoms with E-state index in [9.17, 15) is 4.79 Å². The van der Waals surface area contributed by atoms with Crippen molar-refractivity contribution in [2.75, 3.05) is 13.1 Å². The van der Waals surface area contributed by atoms with Crippen LogP contribution in [0.2, 0.25) is 5.02 Å². The number of benzene rings is 1. The Hall–Kier alpha value is -0.540. The van der Waals surface area contributed by atoms with Gasteiger partial charge in [-0.05, 0) is 51.9 Å². The van der Waals surface area contributed by atoms with E-state index in [0.29, 0.717) is 16.5 Å². The molecule has 1 aromatic carbocycles. The highest BCUT2D eigenvalue weighted by atomic mass is 79.9. The Labute approximate surface area is 128 Å². The van der Waals surface area contributed by atoms with Crippen LogP contribution in [-0.2, 0) is 0 Å². The van der Waals surface area contributed by atoms with E-state index in [1.807, 2.05) is 4.90 Å². The fourth-order valence-electron chi connectivity index (χ4n) is 2.46. The van der Waals surface area contributed by atoms with E-state index in [2.05, 4.69) is 36.7 Å². The van der Waals surface area contributed by atoms with Crippen LogP contribution in [0.1, 0.15) is 37.6 Å². The number of nitrogens with zero attached hydrogens (tertiary/aromatic N) is 1. The molecule has 1 fully saturated rings. The van der Waals surface area contributed by atoms with E-state index in [1.54, 1.807) is 18.2 Å². The van der Waals surface area contributed by atoms with Gasteiger partial charge in [0.1, 0.15) is 0 Å². The van der Waals surface area contributed by atoms with Gasteiger partial charge in [0.25, 0.3) is 5.91 Å². The molecule has 4 heteroatoms. The number of carbonyl (C=O) groups is 1. The summed E-state index contributed by atoms with van der Waals surface area (Å²) in [6, 6.07) is 5.35. The van der Waals surface area contributed by atoms with Gasteiger partial charge in [0.05, 0.1) is 5.02 Å². The second-order valence-electron chi connectivity index (χ2n) is 6.23. The van der Waals surface area contributed by atoms with Crippen LogP contribution in [0.15, 0.2) is 22.7 Å². The topological polar surface area (TPSA) is 20.3 Å². The Morgan fingerprint density at radius 2 is 2.11 bits per heavy atom. The van der Waals surface area contributed by atoms with Crippen LogP contribution in [0.4, 0.5) is 0 Å². The quantitative estimate of drug-likeness (QED) is 0.728. The maximum atomic E-state index is 12.4. The number of carbonyl (C=O) groups excluding carboxylic acids is 1. The lowest BCUT2D eigenvalue weighted by Crippen LogP contribution is -2.31. The summed E-state index contributed by atoms with van der Waals surface area (Å²) in [5.41, 5.74) is 0.959. The minimum Gasteiger partial charge on any atom is -0.338 e. The molecule has 0 saturated carbocycles. The molecular weight excluding hydrogens is 326 g/mol. The molecule has 1 unspecified atom stereocenters. The van der Waals surface area contributed by atoms with E-state index in [-0.39, 0.29) is 11.3 Å². The lowest BCUT2D eigenvalue weighted by Gasteiger charge is -2.27. The third kappa shape index (κ3) is 3.32. The van der Waals surface area contributed by atoms with Crippen LogP contribution in [0.25, 0.3) is 0 Å². The zero-order chi connectivity index (χ0) is 14.2. The summed E-state index contributed by atoms with van der Waals surface area (Å²) in [7, 11) is 0. The van der Waals surface area contributed by atoms with Crippen LogP contribution < -0.4 is 0 Å². The van der Waals surface area contributed by atoms with Crippen LogP contribution in [0, 0.1) is 11.3 Å². The predicted octanol–water partition coefficient (Wildman–Crippen LogP) is 4.61. The third-order valence-electron chi connectivity index (χ3n) is 3.87. The summed E-state index contributed by atoms with van der Waals surface area (Å²) in [4.78, 5) is 14.4. The summed E-state index contributed by atoms with van der Waals surface area (Å²) in [6.07, 6.45) is 1.09. The van der Waals surface area contributed by atoms with E-state index in [4.69, 9.17) is 11.6 Å². The summed E-state index contributed by atoms with van der Waals surface area (Å²) in [5.74, 6) is 0.677. The van der Waals surface area contributed by atoms with Gasteiger partial charge >= 0.3 is 0 Å². The molecule has 104 valence electrons. The predicted molar refractivity (Wildman–Crippen MR) is 82.6 cm³/mol. The summed E-state index contributed by atoms with van der Waals surface area (Å²) in [6.45, 7) is 8.42. The number of amides is 1. The lowest BCUT2D eigenvalue weighted by atomic mass is 9.80. The molecule has 0 radical (unpaired) electrons. The summed E-state index contributed by atoms with van der Waals surface area (Å²) < 4.78 is 0.770. The highest BCUT2D eigenvalue weighted by Crippen LogP contribution is 2.34. The number of hydrogen-bond donors (Lipinski definition) is 0. The minimum absolute atomic E-state index is 0.101. The number of likely N-dealkylation sites (tertiary alicyclic amines) is 1. The summed E-state index contributed by atoms with van der Waals surface area (Å²) in [5, 5.41) is 0.630. The van der Waals surface area contributed by atoms with Crippen LogP contribution >= 0.6 is 27.5 Å². The standard InChI is InChI=1S/C15H19BrClNO/c1-15(2,3)11-6-7-18(9-11)14(19)10-4-5-13(17)12(16)8-10/h4-5,8,11H,6-7,9H2,1-3H3. The van der Waals surface area contributed by atoms with Gasteiger partial charge in [-0.15, -0.1) is 0 Å². The van der Waals surface area contributed by atoms with Crippen molar-refractivity contribution in [1.82, 2.24) is 4.90 Å². The van der Waals surface area contributed by atoms with Crippen molar-refractivity contribution in [2.45, 2.75) is 27.2 Å². The van der Waals surface area contributed by atoms with E-state index >= 15 is 0 Å². The first kappa shape index (κ1) is 14.9. The van der Waals surface area contributed by atoms with Crippen molar-refractivity contribution in [1.29, 1.82) is 0 Å². The molecule has 1 heterocycles. The monoisotopic (exact) mass is 343 g/mol. The molecule has 1 aliphatic rings. The van der Waals surface area contributed by atoms with Gasteiger partial charge in [0, 0.05) is 23.1 Å². The lowest BCUT2D eigenvalue weighted by molar-refractivity contribution is 0.0776. The molecule has 0 spiro atoms. The Balaban J connectivity index is 2.11. The normalized spacial score (nSPS) is 19.8. The number of rotatable bonds is 1. The van der Waals surface area contributed by atoms with Gasteiger partial charge in [-0.2, -0.15) is 0 Å². The molecule has 0 bridgehead atoms. The van der Waals surface area contributed by atoms with Gasteiger partial charge in [0.15, 0.2) is 0 Å². The van der Waals surface area contributed by atoms with Gasteiger partial charge in [-0.3, -0.25) is 4.79 Å². The van der Waals surface area contributed by atoms with Crippen LogP contribution in [0.5, 0.6) is 0 Å². The van der Waals surface area contributed by atoms with Crippen LogP contribution in [-0.4, -0.2) is 23.9 Å². The number of hydrogen-bond acceptors (Lipinski definition) is 1. The molecule has 1 saturated heterocycles. The first-order chi connectivity index (χ1) is 8.79. The zero-order valence-electron chi connectivity index (χ0n) is 11.5. The molecule has 2 rings (SSSR count). The Morgan fingerprint density at radius 1 is 1.42 bits per heavy atom. The van der Waals surface area contributed by atoms with Gasteiger partial charge in [-0.25, -0.2) is 0 Å². The zero-order valence-corrected chi connectivity index (χ0v) is 13.9. The average Bonchev–Trinajstić information content (AvgIpc) is 2.81. The van der Waals surface area contributed by atoms with Crippen LogP contribution in [0.3, 0.4) is 0 Å². The highest BCUT2D eigenvalue weighted by Gasteiger charge is 2.34. The molecule has 2 nitrogen and oxygen atoms in total. The molecule has 0 N–H and O–H groups in total. The Bertz CT molecular complexity index is 495. The van der Waals surface area contributed by atoms with Crippen molar-refractivity contribution >= 4 is 33.4 Å². The Kier molecular flexibility index (Phi) is 4.26. The molecule has 1 amide bonds. The van der Waals surface area contributed by atoms with Crippen molar-refractivity contribution in [3.05, 3.63) is 33.3 Å². The molecule has 1 aliphatic heterocycles. The molecular formula is C15H19BrClNO. The van der Waals surface area contributed by atoms with Gasteiger partial charge in [0.2, 0.25) is 0 Å². The SMILES string of the molecule is CC(C)(C)C1CCN(C(=O)c2ccc(Cl)c(Br)c2)C1. The van der Waals surface area contributed by atoms with Gasteiger partial charge in [-0.1, -0.05) is 32.4 Å². The maximum absolute atomic E-state index is 12.4. The van der Waals surface area contributed by atoms with Crippen molar-refractivity contribution < 1.29 is 4.79 Å². The Morgan fingerprint density at radius 3 is 2.63 bits per heavy atom. The third-order valence-corrected chi connectivity index (χ3v) is 5.08. The second-order valence-corrected chi connectivity index (χ2v) is 7.49. The fraction of sp³-hybridized carbons (Fsp3) is 0.533. The smallest absolute Gasteiger partial charge is 0.253 e. The molecule has 1 atom stereocenters. The maximum Gasteiger partial charge on any atom is 0.253 e. The second kappa shape index (κ2) is 5.45. The molecule has 0 aliphatic carbocycles.